The van der Waals surface area contributed by atoms with E-state index in [1.54, 1.807) is 10.8 Å². The van der Waals surface area contributed by atoms with Gasteiger partial charge in [-0.05, 0) is 36.6 Å². The summed E-state index contributed by atoms with van der Waals surface area (Å²) in [6.07, 6.45) is -1.19. The van der Waals surface area contributed by atoms with Crippen LogP contribution in [0.15, 0.2) is 61.2 Å². The normalized spacial score (nSPS) is 22.8. The zero-order chi connectivity index (χ0) is 24.6. The Bertz CT molecular complexity index is 1210. The number of para-hydroxylation sites is 1. The number of halogens is 3. The van der Waals surface area contributed by atoms with E-state index in [0.717, 1.165) is 28.6 Å². The molecule has 2 aromatic carbocycles. The standard InChI is InChI=1S/C26H27F3N4O2/c1-2-11-33-23-6-4-3-5-22(23)24(31-33)25(34)30-19-12-20-15-35-16-21(13-19)32(20)14-17-7-9-18(10-8-17)26(27,28)29/h2-10,19-21H,1,11-16H2,(H,30,34)/t19?,20-,21+. The van der Waals surface area contributed by atoms with Gasteiger partial charge in [0.15, 0.2) is 5.69 Å². The van der Waals surface area contributed by atoms with Crippen LogP contribution < -0.4 is 5.32 Å². The average Bonchev–Trinajstić information content (AvgIpc) is 3.18. The van der Waals surface area contributed by atoms with Crippen molar-refractivity contribution < 1.29 is 22.7 Å². The Morgan fingerprint density at radius 2 is 1.80 bits per heavy atom. The minimum Gasteiger partial charge on any atom is -0.378 e. The van der Waals surface area contributed by atoms with E-state index in [4.69, 9.17) is 4.74 Å². The molecule has 1 unspecified atom stereocenters. The van der Waals surface area contributed by atoms with Crippen molar-refractivity contribution >= 4 is 16.8 Å². The van der Waals surface area contributed by atoms with Gasteiger partial charge >= 0.3 is 6.18 Å². The van der Waals surface area contributed by atoms with Gasteiger partial charge < -0.3 is 10.1 Å². The molecule has 0 radical (unpaired) electrons. The Labute approximate surface area is 201 Å². The third-order valence-electron chi connectivity index (χ3n) is 6.83. The summed E-state index contributed by atoms with van der Waals surface area (Å²) in [4.78, 5) is 15.5. The van der Waals surface area contributed by atoms with E-state index in [-0.39, 0.29) is 24.0 Å². The van der Waals surface area contributed by atoms with Crippen molar-refractivity contribution in [2.75, 3.05) is 13.2 Å². The maximum Gasteiger partial charge on any atom is 0.416 e. The summed E-state index contributed by atoms with van der Waals surface area (Å²) in [5.74, 6) is -0.204. The molecule has 2 bridgehead atoms. The van der Waals surface area contributed by atoms with Crippen LogP contribution in [0.5, 0.6) is 0 Å². The molecule has 9 heteroatoms. The van der Waals surface area contributed by atoms with E-state index in [1.807, 2.05) is 24.3 Å². The Morgan fingerprint density at radius 1 is 1.11 bits per heavy atom. The Balaban J connectivity index is 1.28. The zero-order valence-corrected chi connectivity index (χ0v) is 19.2. The summed E-state index contributed by atoms with van der Waals surface area (Å²) < 4.78 is 46.2. The minimum atomic E-state index is -4.34. The highest BCUT2D eigenvalue weighted by atomic mass is 19.4. The van der Waals surface area contributed by atoms with Gasteiger partial charge in [-0.25, -0.2) is 0 Å². The topological polar surface area (TPSA) is 59.4 Å². The molecule has 0 aliphatic carbocycles. The van der Waals surface area contributed by atoms with Gasteiger partial charge in [-0.3, -0.25) is 14.4 Å². The van der Waals surface area contributed by atoms with E-state index >= 15 is 0 Å². The molecule has 6 nitrogen and oxygen atoms in total. The second-order valence-electron chi connectivity index (χ2n) is 9.19. The lowest BCUT2D eigenvalue weighted by Crippen LogP contribution is -2.60. The van der Waals surface area contributed by atoms with Crippen molar-refractivity contribution in [3.8, 4) is 0 Å². The van der Waals surface area contributed by atoms with Crippen molar-refractivity contribution in [2.24, 2.45) is 0 Å². The summed E-state index contributed by atoms with van der Waals surface area (Å²) in [5.41, 5.74) is 1.47. The molecule has 35 heavy (non-hydrogen) atoms. The number of rotatable bonds is 6. The number of fused-ring (bicyclic) bond motifs is 3. The number of hydrogen-bond acceptors (Lipinski definition) is 4. The summed E-state index contributed by atoms with van der Waals surface area (Å²) in [6.45, 7) is 5.88. The van der Waals surface area contributed by atoms with Crippen LogP contribution in [0.1, 0.15) is 34.5 Å². The van der Waals surface area contributed by atoms with Gasteiger partial charge in [0, 0.05) is 30.1 Å². The number of nitrogens with zero attached hydrogens (tertiary/aromatic N) is 3. The van der Waals surface area contributed by atoms with Gasteiger partial charge in [0.2, 0.25) is 0 Å². The molecular weight excluding hydrogens is 457 g/mol. The van der Waals surface area contributed by atoms with Crippen LogP contribution in [0.3, 0.4) is 0 Å². The number of benzene rings is 2. The fourth-order valence-corrected chi connectivity index (χ4v) is 5.19. The molecule has 3 heterocycles. The van der Waals surface area contributed by atoms with Crippen molar-refractivity contribution in [2.45, 2.75) is 50.2 Å². The lowest BCUT2D eigenvalue weighted by Gasteiger charge is -2.48. The zero-order valence-electron chi connectivity index (χ0n) is 19.2. The van der Waals surface area contributed by atoms with Gasteiger partial charge in [-0.2, -0.15) is 18.3 Å². The van der Waals surface area contributed by atoms with Crippen molar-refractivity contribution in [3.05, 3.63) is 78.0 Å². The smallest absolute Gasteiger partial charge is 0.378 e. The average molecular weight is 485 g/mol. The molecule has 3 aromatic rings. The van der Waals surface area contributed by atoms with Crippen LogP contribution in [-0.4, -0.2) is 51.9 Å². The van der Waals surface area contributed by atoms with Gasteiger partial charge in [0.25, 0.3) is 5.91 Å². The number of allylic oxidation sites excluding steroid dienone is 1. The van der Waals surface area contributed by atoms with Crippen molar-refractivity contribution in [3.63, 3.8) is 0 Å². The highest BCUT2D eigenvalue weighted by Crippen LogP contribution is 2.32. The van der Waals surface area contributed by atoms with E-state index in [9.17, 15) is 18.0 Å². The predicted molar refractivity (Wildman–Crippen MR) is 126 cm³/mol. The van der Waals surface area contributed by atoms with Crippen LogP contribution in [0.2, 0.25) is 0 Å². The highest BCUT2D eigenvalue weighted by Gasteiger charge is 2.40. The molecule has 1 amide bonds. The molecule has 184 valence electrons. The molecule has 0 saturated carbocycles. The lowest BCUT2D eigenvalue weighted by atomic mass is 9.89. The molecule has 2 fully saturated rings. The first-order chi connectivity index (χ1) is 16.8. The maximum absolute atomic E-state index is 13.2. The van der Waals surface area contributed by atoms with Crippen LogP contribution in [-0.2, 0) is 24.0 Å². The maximum atomic E-state index is 13.2. The molecule has 1 aromatic heterocycles. The third-order valence-corrected chi connectivity index (χ3v) is 6.83. The first-order valence-corrected chi connectivity index (χ1v) is 11.7. The second-order valence-corrected chi connectivity index (χ2v) is 9.19. The summed E-state index contributed by atoms with van der Waals surface area (Å²) in [7, 11) is 0. The van der Waals surface area contributed by atoms with Gasteiger partial charge in [0.05, 0.1) is 30.8 Å². The Morgan fingerprint density at radius 3 is 2.46 bits per heavy atom. The number of morpholine rings is 1. The number of ether oxygens (including phenoxy) is 1. The van der Waals surface area contributed by atoms with Crippen molar-refractivity contribution in [1.29, 1.82) is 0 Å². The van der Waals surface area contributed by atoms with E-state index in [1.165, 1.54) is 12.1 Å². The van der Waals surface area contributed by atoms with Crippen molar-refractivity contribution in [1.82, 2.24) is 20.0 Å². The highest BCUT2D eigenvalue weighted by molar-refractivity contribution is 6.05. The molecular formula is C26H27F3N4O2. The molecule has 0 spiro atoms. The number of hydrogen-bond donors (Lipinski definition) is 1. The second kappa shape index (κ2) is 9.47. The molecule has 2 aliphatic rings. The van der Waals surface area contributed by atoms with E-state index < -0.39 is 11.7 Å². The van der Waals surface area contributed by atoms with Crippen LogP contribution in [0.25, 0.3) is 10.9 Å². The number of carbonyl (C=O) groups excluding carboxylic acids is 1. The number of carbonyl (C=O) groups is 1. The number of aromatic nitrogens is 2. The van der Waals surface area contributed by atoms with E-state index in [0.29, 0.717) is 44.8 Å². The predicted octanol–water partition coefficient (Wildman–Crippen LogP) is 4.40. The minimum absolute atomic E-state index is 0.0337. The molecule has 2 aliphatic heterocycles. The van der Waals surface area contributed by atoms with Gasteiger partial charge in [-0.15, -0.1) is 6.58 Å². The summed E-state index contributed by atoms with van der Waals surface area (Å²) in [5, 5.41) is 8.50. The third kappa shape index (κ3) is 4.83. The van der Waals surface area contributed by atoms with Gasteiger partial charge in [0.1, 0.15) is 0 Å². The molecule has 3 atom stereocenters. The molecule has 1 N–H and O–H groups in total. The number of alkyl halides is 3. The number of piperidine rings is 1. The van der Waals surface area contributed by atoms with Gasteiger partial charge in [-0.1, -0.05) is 36.4 Å². The quantitative estimate of drug-likeness (QED) is 0.527. The van der Waals surface area contributed by atoms with Crippen LogP contribution in [0, 0.1) is 0 Å². The Hall–Kier alpha value is -3.17. The first-order valence-electron chi connectivity index (χ1n) is 11.7. The first kappa shape index (κ1) is 23.6. The van der Waals surface area contributed by atoms with Crippen LogP contribution >= 0.6 is 0 Å². The van der Waals surface area contributed by atoms with Crippen LogP contribution in [0.4, 0.5) is 13.2 Å². The van der Waals surface area contributed by atoms with E-state index in [2.05, 4.69) is 21.9 Å². The molecule has 2 saturated heterocycles. The fourth-order valence-electron chi connectivity index (χ4n) is 5.19. The molecule has 5 rings (SSSR count). The number of amides is 1. The largest absolute Gasteiger partial charge is 0.416 e. The summed E-state index contributed by atoms with van der Waals surface area (Å²) in [6, 6.07) is 13.1. The lowest BCUT2D eigenvalue weighted by molar-refractivity contribution is -0.137. The SMILES string of the molecule is C=CCn1nc(C(=O)NC2C[C@H]3COC[C@@H](C2)N3Cc2ccc(C(F)(F)F)cc2)c2ccccc21. The number of nitrogens with one attached hydrogen (secondary N) is 1. The fraction of sp³-hybridized carbons (Fsp3) is 0.385. The Kier molecular flexibility index (Phi) is 6.37. The monoisotopic (exact) mass is 484 g/mol. The summed E-state index contributed by atoms with van der Waals surface area (Å²) >= 11 is 0.